The lowest BCUT2D eigenvalue weighted by molar-refractivity contribution is -0.143. The fourth-order valence-electron chi connectivity index (χ4n) is 3.24. The molecule has 0 saturated heterocycles. The molecule has 2 aliphatic rings. The van der Waals surface area contributed by atoms with Gasteiger partial charge in [-0.2, -0.15) is 0 Å². The summed E-state index contributed by atoms with van der Waals surface area (Å²) >= 11 is 12.2. The Kier molecular flexibility index (Phi) is 4.17. The summed E-state index contributed by atoms with van der Waals surface area (Å²) in [5.74, 6) is -1.96. The van der Waals surface area contributed by atoms with Crippen LogP contribution in [0.2, 0.25) is 10.0 Å². The van der Waals surface area contributed by atoms with Crippen molar-refractivity contribution in [2.75, 3.05) is 6.54 Å². The Morgan fingerprint density at radius 3 is 2.70 bits per heavy atom. The highest BCUT2D eigenvalue weighted by molar-refractivity contribution is 6.33. The van der Waals surface area contributed by atoms with Crippen molar-refractivity contribution in [3.05, 3.63) is 45.1 Å². The van der Waals surface area contributed by atoms with Gasteiger partial charge in [-0.3, -0.25) is 14.4 Å². The van der Waals surface area contributed by atoms with Gasteiger partial charge in [0.05, 0.1) is 0 Å². The second kappa shape index (κ2) is 5.98. The number of aliphatic carboxylic acids is 1. The zero-order valence-corrected chi connectivity index (χ0v) is 13.5. The molecule has 1 aliphatic heterocycles. The van der Waals surface area contributed by atoms with E-state index in [-0.39, 0.29) is 24.5 Å². The molecule has 0 fully saturated rings. The lowest BCUT2D eigenvalue weighted by Crippen LogP contribution is -2.39. The zero-order valence-electron chi connectivity index (χ0n) is 12.0. The summed E-state index contributed by atoms with van der Waals surface area (Å²) in [4.78, 5) is 36.9. The molecule has 120 valence electrons. The van der Waals surface area contributed by atoms with Crippen LogP contribution in [0.3, 0.4) is 0 Å². The van der Waals surface area contributed by atoms with E-state index in [9.17, 15) is 14.4 Å². The van der Waals surface area contributed by atoms with Crippen LogP contribution in [0, 0.1) is 0 Å². The SMILES string of the molecule is O=C(O)CN1C(=O)CC(c2cc(Cl)ccc2Cl)C2=C1CCC2=O. The number of allylic oxidation sites excluding steroid dienone is 2. The number of nitrogens with zero attached hydrogens (tertiary/aromatic N) is 1. The Labute approximate surface area is 142 Å². The fraction of sp³-hybridized carbons (Fsp3) is 0.312. The molecule has 7 heteroatoms. The summed E-state index contributed by atoms with van der Waals surface area (Å²) in [6.07, 6.45) is 0.669. The molecule has 1 aromatic rings. The first-order chi connectivity index (χ1) is 10.9. The molecule has 0 aromatic heterocycles. The summed E-state index contributed by atoms with van der Waals surface area (Å²) < 4.78 is 0. The first-order valence-corrected chi connectivity index (χ1v) is 7.87. The largest absolute Gasteiger partial charge is 0.480 e. The van der Waals surface area contributed by atoms with Gasteiger partial charge in [-0.1, -0.05) is 23.2 Å². The number of halogens is 2. The molecule has 1 aromatic carbocycles. The lowest BCUT2D eigenvalue weighted by atomic mass is 9.83. The number of hydrogen-bond acceptors (Lipinski definition) is 3. The molecule has 1 heterocycles. The number of carboxylic acids is 1. The fourth-order valence-corrected chi connectivity index (χ4v) is 3.67. The number of hydrogen-bond donors (Lipinski definition) is 1. The smallest absolute Gasteiger partial charge is 0.323 e. The highest BCUT2D eigenvalue weighted by Crippen LogP contribution is 2.44. The van der Waals surface area contributed by atoms with Crippen molar-refractivity contribution < 1.29 is 19.5 Å². The topological polar surface area (TPSA) is 74.7 Å². The van der Waals surface area contributed by atoms with E-state index in [0.29, 0.717) is 33.3 Å². The Hall–Kier alpha value is -1.85. The summed E-state index contributed by atoms with van der Waals surface area (Å²) in [5, 5.41) is 9.90. The number of carbonyl (C=O) groups is 3. The van der Waals surface area contributed by atoms with Gasteiger partial charge in [-0.05, 0) is 30.2 Å². The van der Waals surface area contributed by atoms with Gasteiger partial charge in [-0.25, -0.2) is 0 Å². The monoisotopic (exact) mass is 353 g/mol. The van der Waals surface area contributed by atoms with E-state index in [2.05, 4.69) is 0 Å². The van der Waals surface area contributed by atoms with Gasteiger partial charge >= 0.3 is 5.97 Å². The molecule has 1 unspecified atom stereocenters. The maximum Gasteiger partial charge on any atom is 0.323 e. The van der Waals surface area contributed by atoms with E-state index in [4.69, 9.17) is 28.3 Å². The number of benzene rings is 1. The van der Waals surface area contributed by atoms with Crippen LogP contribution in [-0.4, -0.2) is 34.2 Å². The Balaban J connectivity index is 2.11. The number of Topliss-reactive ketones (excluding diaryl/α,β-unsaturated/α-hetero) is 1. The standard InChI is InChI=1S/C16H13Cl2NO4/c17-8-1-2-11(18)9(5-8)10-6-14(21)19(7-15(22)23)12-3-4-13(20)16(10)12/h1-2,5,10H,3-4,6-7H2,(H,22,23). The molecule has 1 N–H and O–H groups in total. The molecule has 23 heavy (non-hydrogen) atoms. The molecule has 1 aliphatic carbocycles. The molecule has 3 rings (SSSR count). The normalized spacial score (nSPS) is 21.0. The van der Waals surface area contributed by atoms with Crippen LogP contribution < -0.4 is 0 Å². The van der Waals surface area contributed by atoms with E-state index in [1.165, 1.54) is 4.90 Å². The second-order valence-corrected chi connectivity index (χ2v) is 6.42. The van der Waals surface area contributed by atoms with Crippen LogP contribution >= 0.6 is 23.2 Å². The average Bonchev–Trinajstić information content (AvgIpc) is 2.86. The predicted molar refractivity (Wildman–Crippen MR) is 84.4 cm³/mol. The van der Waals surface area contributed by atoms with E-state index in [1.54, 1.807) is 18.2 Å². The third-order valence-electron chi connectivity index (χ3n) is 4.18. The van der Waals surface area contributed by atoms with Gasteiger partial charge in [0.15, 0.2) is 5.78 Å². The Bertz CT molecular complexity index is 756. The van der Waals surface area contributed by atoms with Gasteiger partial charge in [0.1, 0.15) is 6.54 Å². The van der Waals surface area contributed by atoms with Crippen LogP contribution in [0.1, 0.15) is 30.7 Å². The minimum absolute atomic E-state index is 0.0118. The van der Waals surface area contributed by atoms with E-state index in [1.807, 2.05) is 0 Å². The van der Waals surface area contributed by atoms with Gasteiger partial charge in [0.2, 0.25) is 5.91 Å². The van der Waals surface area contributed by atoms with Gasteiger partial charge in [-0.15, -0.1) is 0 Å². The van der Waals surface area contributed by atoms with Crippen molar-refractivity contribution in [3.8, 4) is 0 Å². The number of rotatable bonds is 3. The van der Waals surface area contributed by atoms with Crippen molar-refractivity contribution in [2.24, 2.45) is 0 Å². The van der Waals surface area contributed by atoms with Crippen LogP contribution in [0.5, 0.6) is 0 Å². The van der Waals surface area contributed by atoms with Crippen molar-refractivity contribution in [1.29, 1.82) is 0 Å². The molecule has 1 atom stereocenters. The first kappa shape index (κ1) is 16.0. The van der Waals surface area contributed by atoms with E-state index in [0.717, 1.165) is 0 Å². The maximum absolute atomic E-state index is 12.4. The summed E-state index contributed by atoms with van der Waals surface area (Å²) in [6, 6.07) is 4.93. The number of amides is 1. The van der Waals surface area contributed by atoms with Crippen molar-refractivity contribution in [1.82, 2.24) is 4.90 Å². The van der Waals surface area contributed by atoms with Gasteiger partial charge < -0.3 is 10.0 Å². The first-order valence-electron chi connectivity index (χ1n) is 7.12. The number of carbonyl (C=O) groups excluding carboxylic acids is 2. The van der Waals surface area contributed by atoms with E-state index < -0.39 is 18.4 Å². The summed E-state index contributed by atoms with van der Waals surface area (Å²) in [5.41, 5.74) is 1.63. The van der Waals surface area contributed by atoms with Crippen molar-refractivity contribution in [3.63, 3.8) is 0 Å². The van der Waals surface area contributed by atoms with Crippen LogP contribution in [0.15, 0.2) is 29.5 Å². The second-order valence-electron chi connectivity index (χ2n) is 5.58. The molecule has 0 spiro atoms. The number of carboxylic acid groups (broad SMARTS) is 1. The van der Waals surface area contributed by atoms with Crippen LogP contribution in [0.4, 0.5) is 0 Å². The van der Waals surface area contributed by atoms with Crippen LogP contribution in [-0.2, 0) is 14.4 Å². The Morgan fingerprint density at radius 1 is 1.26 bits per heavy atom. The quantitative estimate of drug-likeness (QED) is 0.906. The average molecular weight is 354 g/mol. The maximum atomic E-state index is 12.4. The summed E-state index contributed by atoms with van der Waals surface area (Å²) in [6.45, 7) is -0.430. The highest BCUT2D eigenvalue weighted by atomic mass is 35.5. The molecule has 1 amide bonds. The van der Waals surface area contributed by atoms with Crippen LogP contribution in [0.25, 0.3) is 0 Å². The molecule has 0 saturated carbocycles. The highest BCUT2D eigenvalue weighted by Gasteiger charge is 2.41. The Morgan fingerprint density at radius 2 is 2.00 bits per heavy atom. The third kappa shape index (κ3) is 2.86. The zero-order chi connectivity index (χ0) is 16.7. The predicted octanol–water partition coefficient (Wildman–Crippen LogP) is 3.01. The van der Waals surface area contributed by atoms with Gasteiger partial charge in [0.25, 0.3) is 0 Å². The number of ketones is 1. The molecule has 0 radical (unpaired) electrons. The minimum atomic E-state index is -1.11. The summed E-state index contributed by atoms with van der Waals surface area (Å²) in [7, 11) is 0. The van der Waals surface area contributed by atoms with Gasteiger partial charge in [0, 0.05) is 40.1 Å². The molecular weight excluding hydrogens is 341 g/mol. The third-order valence-corrected chi connectivity index (χ3v) is 4.76. The molecule has 0 bridgehead atoms. The van der Waals surface area contributed by atoms with Crippen molar-refractivity contribution >= 4 is 40.9 Å². The molecule has 5 nitrogen and oxygen atoms in total. The van der Waals surface area contributed by atoms with Crippen molar-refractivity contribution in [2.45, 2.75) is 25.2 Å². The molecular formula is C16H13Cl2NO4. The lowest BCUT2D eigenvalue weighted by Gasteiger charge is -2.32. The minimum Gasteiger partial charge on any atom is -0.480 e. The van der Waals surface area contributed by atoms with E-state index >= 15 is 0 Å².